The summed E-state index contributed by atoms with van der Waals surface area (Å²) in [6.07, 6.45) is 3.05. The number of thiophene rings is 1. The topological polar surface area (TPSA) is 66.0 Å². The number of benzene rings is 1. The molecule has 0 spiro atoms. The Bertz CT molecular complexity index is 782. The Morgan fingerprint density at radius 1 is 1.24 bits per heavy atom. The molecule has 2 heterocycles. The molecule has 0 unspecified atom stereocenters. The number of esters is 1. The van der Waals surface area contributed by atoms with Gasteiger partial charge >= 0.3 is 5.97 Å². The summed E-state index contributed by atoms with van der Waals surface area (Å²) in [6, 6.07) is 12.3. The maximum Gasteiger partial charge on any atom is 0.337 e. The van der Waals surface area contributed by atoms with Gasteiger partial charge in [0.25, 0.3) is 0 Å². The average Bonchev–Trinajstić information content (AvgIpc) is 3.29. The van der Waals surface area contributed by atoms with Gasteiger partial charge < -0.3 is 20.3 Å². The van der Waals surface area contributed by atoms with Gasteiger partial charge in [-0.2, -0.15) is 0 Å². The van der Waals surface area contributed by atoms with Crippen LogP contribution >= 0.6 is 11.3 Å². The minimum absolute atomic E-state index is 0.307. The lowest BCUT2D eigenvalue weighted by Crippen LogP contribution is -2.48. The molecular formula is C22H30N4O2S. The highest BCUT2D eigenvalue weighted by molar-refractivity contribution is 7.14. The van der Waals surface area contributed by atoms with Crippen molar-refractivity contribution in [3.63, 3.8) is 0 Å². The van der Waals surface area contributed by atoms with Gasteiger partial charge in [-0.05, 0) is 61.4 Å². The predicted molar refractivity (Wildman–Crippen MR) is 120 cm³/mol. The van der Waals surface area contributed by atoms with E-state index in [1.807, 2.05) is 23.5 Å². The Kier molecular flexibility index (Phi) is 7.93. The first-order valence-corrected chi connectivity index (χ1v) is 11.1. The normalized spacial score (nSPS) is 15.2. The van der Waals surface area contributed by atoms with Crippen molar-refractivity contribution in [2.75, 3.05) is 38.2 Å². The minimum atomic E-state index is -0.307. The Morgan fingerprint density at radius 2 is 2.00 bits per heavy atom. The summed E-state index contributed by atoms with van der Waals surface area (Å²) in [7, 11) is 1.40. The van der Waals surface area contributed by atoms with Gasteiger partial charge in [0.15, 0.2) is 5.96 Å². The Labute approximate surface area is 177 Å². The number of anilines is 1. The van der Waals surface area contributed by atoms with E-state index in [0.29, 0.717) is 18.2 Å². The molecule has 2 N–H and O–H groups in total. The number of piperidine rings is 1. The zero-order valence-electron chi connectivity index (χ0n) is 17.2. The molecule has 0 amide bonds. The van der Waals surface area contributed by atoms with E-state index < -0.39 is 0 Å². The van der Waals surface area contributed by atoms with Crippen LogP contribution in [0.5, 0.6) is 0 Å². The van der Waals surface area contributed by atoms with Crippen LogP contribution in [0.4, 0.5) is 5.00 Å². The number of methoxy groups -OCH3 is 1. The highest BCUT2D eigenvalue weighted by Crippen LogP contribution is 2.24. The summed E-state index contributed by atoms with van der Waals surface area (Å²) in [5, 5.41) is 10.4. The van der Waals surface area contributed by atoms with Crippen molar-refractivity contribution in [1.82, 2.24) is 10.6 Å². The number of guanidine groups is 1. The molecule has 0 radical (unpaired) electrons. The maximum atomic E-state index is 11.5. The summed E-state index contributed by atoms with van der Waals surface area (Å²) in [5.74, 6) is 0.576. The second-order valence-electron chi connectivity index (χ2n) is 7.06. The molecule has 1 fully saturated rings. The Hall–Kier alpha value is -2.54. The van der Waals surface area contributed by atoms with Crippen LogP contribution in [0.2, 0.25) is 0 Å². The highest BCUT2D eigenvalue weighted by atomic mass is 32.1. The van der Waals surface area contributed by atoms with Crippen LogP contribution in [0.15, 0.2) is 46.8 Å². The van der Waals surface area contributed by atoms with Crippen LogP contribution in [0.1, 0.15) is 35.7 Å². The van der Waals surface area contributed by atoms with Gasteiger partial charge in [0.2, 0.25) is 0 Å². The van der Waals surface area contributed by atoms with Crippen molar-refractivity contribution in [3.05, 3.63) is 52.9 Å². The number of nitrogens with zero attached hydrogens (tertiary/aromatic N) is 2. The SMILES string of the molecule is CCNC(=NCCc1ccc(C(=O)OC)cc1)NC1CCN(c2cccs2)CC1. The zero-order valence-corrected chi connectivity index (χ0v) is 18.0. The number of rotatable bonds is 7. The van der Waals surface area contributed by atoms with Gasteiger partial charge in [-0.15, -0.1) is 11.3 Å². The Morgan fingerprint density at radius 3 is 2.62 bits per heavy atom. The fraction of sp³-hybridized carbons (Fsp3) is 0.455. The van der Waals surface area contributed by atoms with Crippen molar-refractivity contribution in [1.29, 1.82) is 0 Å². The summed E-state index contributed by atoms with van der Waals surface area (Å²) in [6.45, 7) is 5.77. The summed E-state index contributed by atoms with van der Waals surface area (Å²) in [4.78, 5) is 18.7. The molecule has 3 rings (SSSR count). The van der Waals surface area contributed by atoms with E-state index in [0.717, 1.165) is 50.4 Å². The molecule has 1 aliphatic rings. The first-order valence-electron chi connectivity index (χ1n) is 10.2. The molecule has 1 aromatic heterocycles. The van der Waals surface area contributed by atoms with E-state index in [1.165, 1.54) is 12.1 Å². The molecule has 7 heteroatoms. The molecule has 1 aliphatic heterocycles. The molecule has 0 bridgehead atoms. The molecule has 2 aromatic rings. The van der Waals surface area contributed by atoms with E-state index in [9.17, 15) is 4.79 Å². The lowest BCUT2D eigenvalue weighted by atomic mass is 10.1. The lowest BCUT2D eigenvalue weighted by molar-refractivity contribution is 0.0600. The van der Waals surface area contributed by atoms with Gasteiger partial charge in [0.1, 0.15) is 0 Å². The minimum Gasteiger partial charge on any atom is -0.465 e. The van der Waals surface area contributed by atoms with Crippen molar-refractivity contribution >= 4 is 28.3 Å². The highest BCUT2D eigenvalue weighted by Gasteiger charge is 2.20. The third-order valence-electron chi connectivity index (χ3n) is 5.04. The van der Waals surface area contributed by atoms with Crippen molar-refractivity contribution in [2.45, 2.75) is 32.2 Å². The molecule has 1 aromatic carbocycles. The average molecular weight is 415 g/mol. The fourth-order valence-electron chi connectivity index (χ4n) is 3.43. The van der Waals surface area contributed by atoms with Crippen molar-refractivity contribution in [3.8, 4) is 0 Å². The van der Waals surface area contributed by atoms with E-state index in [-0.39, 0.29) is 5.97 Å². The predicted octanol–water partition coefficient (Wildman–Crippen LogP) is 3.30. The van der Waals surface area contributed by atoms with Crippen LogP contribution < -0.4 is 15.5 Å². The van der Waals surface area contributed by atoms with Gasteiger partial charge in [-0.25, -0.2) is 4.79 Å². The number of aliphatic imine (C=N–C) groups is 1. The summed E-state index contributed by atoms with van der Waals surface area (Å²) in [5.41, 5.74) is 1.73. The second kappa shape index (κ2) is 10.9. The van der Waals surface area contributed by atoms with Gasteiger partial charge in [-0.3, -0.25) is 4.99 Å². The van der Waals surface area contributed by atoms with E-state index in [4.69, 9.17) is 9.73 Å². The first-order chi connectivity index (χ1) is 14.2. The molecule has 6 nitrogen and oxygen atoms in total. The van der Waals surface area contributed by atoms with E-state index >= 15 is 0 Å². The summed E-state index contributed by atoms with van der Waals surface area (Å²) >= 11 is 1.81. The molecule has 156 valence electrons. The molecule has 0 aliphatic carbocycles. The monoisotopic (exact) mass is 414 g/mol. The number of carbonyl (C=O) groups is 1. The van der Waals surface area contributed by atoms with E-state index in [1.54, 1.807) is 12.1 Å². The van der Waals surface area contributed by atoms with Crippen molar-refractivity contribution < 1.29 is 9.53 Å². The Balaban J connectivity index is 1.48. The number of nitrogens with one attached hydrogen (secondary N) is 2. The summed E-state index contributed by atoms with van der Waals surface area (Å²) < 4.78 is 4.74. The van der Waals surface area contributed by atoms with Crippen LogP contribution in [-0.2, 0) is 11.2 Å². The number of ether oxygens (including phenoxy) is 1. The van der Waals surface area contributed by atoms with Gasteiger partial charge in [0, 0.05) is 32.2 Å². The largest absolute Gasteiger partial charge is 0.465 e. The molecule has 0 saturated carbocycles. The van der Waals surface area contributed by atoms with Crippen LogP contribution in [-0.4, -0.2) is 51.3 Å². The van der Waals surface area contributed by atoms with Crippen LogP contribution in [0, 0.1) is 0 Å². The number of hydrogen-bond acceptors (Lipinski definition) is 5. The van der Waals surface area contributed by atoms with Gasteiger partial charge in [-0.1, -0.05) is 12.1 Å². The molecule has 29 heavy (non-hydrogen) atoms. The standard InChI is InChI=1S/C22H30N4O2S/c1-3-23-22(24-13-10-17-6-8-18(9-7-17)21(27)28-2)25-19-11-14-26(15-12-19)20-5-4-16-29-20/h4-9,16,19H,3,10-15H2,1-2H3,(H2,23,24,25). The van der Waals surface area contributed by atoms with Gasteiger partial charge in [0.05, 0.1) is 17.7 Å². The maximum absolute atomic E-state index is 11.5. The lowest BCUT2D eigenvalue weighted by Gasteiger charge is -2.33. The zero-order chi connectivity index (χ0) is 20.5. The first kappa shape index (κ1) is 21.2. The van der Waals surface area contributed by atoms with Crippen molar-refractivity contribution in [2.24, 2.45) is 4.99 Å². The quantitative estimate of drug-likeness (QED) is 0.413. The number of carbonyl (C=O) groups excluding carboxylic acids is 1. The van der Waals surface area contributed by atoms with Crippen LogP contribution in [0.3, 0.4) is 0 Å². The number of hydrogen-bond donors (Lipinski definition) is 2. The van der Waals surface area contributed by atoms with E-state index in [2.05, 4.69) is 40.0 Å². The smallest absolute Gasteiger partial charge is 0.337 e. The third kappa shape index (κ3) is 6.22. The fourth-order valence-corrected chi connectivity index (χ4v) is 4.21. The molecule has 0 atom stereocenters. The molecular weight excluding hydrogens is 384 g/mol. The third-order valence-corrected chi connectivity index (χ3v) is 5.97. The molecule has 1 saturated heterocycles. The van der Waals surface area contributed by atoms with Crippen LogP contribution in [0.25, 0.3) is 0 Å². The second-order valence-corrected chi connectivity index (χ2v) is 7.98.